The first kappa shape index (κ1) is 13.5. The summed E-state index contributed by atoms with van der Waals surface area (Å²) >= 11 is 0. The van der Waals surface area contributed by atoms with Crippen molar-refractivity contribution in [3.63, 3.8) is 0 Å². The molecule has 3 aromatic rings. The normalized spacial score (nSPS) is 12.7. The molecular formula is C15H18N6. The summed E-state index contributed by atoms with van der Waals surface area (Å²) in [5, 5.41) is 20.2. The van der Waals surface area contributed by atoms with Crippen LogP contribution in [-0.4, -0.2) is 25.6 Å². The first-order valence-electron chi connectivity index (χ1n) is 7.06. The van der Waals surface area contributed by atoms with Gasteiger partial charge in [0.15, 0.2) is 5.82 Å². The highest BCUT2D eigenvalue weighted by Gasteiger charge is 2.18. The molecule has 0 aliphatic carbocycles. The first-order chi connectivity index (χ1) is 10.2. The number of pyridine rings is 1. The highest BCUT2D eigenvalue weighted by atomic mass is 15.5. The Hall–Kier alpha value is -2.50. The largest absolute Gasteiger partial charge is 0.373 e. The topological polar surface area (TPSA) is 79.4 Å². The molecule has 0 aliphatic heterocycles. The predicted molar refractivity (Wildman–Crippen MR) is 81.7 cm³/mol. The van der Waals surface area contributed by atoms with E-state index < -0.39 is 0 Å². The van der Waals surface area contributed by atoms with E-state index in [1.165, 1.54) is 0 Å². The van der Waals surface area contributed by atoms with Gasteiger partial charge in [0, 0.05) is 17.0 Å². The van der Waals surface area contributed by atoms with Gasteiger partial charge in [-0.15, -0.1) is 10.2 Å². The number of H-pyrrole nitrogens is 1. The third kappa shape index (κ3) is 2.99. The Balaban J connectivity index is 1.94. The van der Waals surface area contributed by atoms with Crippen molar-refractivity contribution in [1.29, 1.82) is 0 Å². The summed E-state index contributed by atoms with van der Waals surface area (Å²) in [5.41, 5.74) is 0.989. The summed E-state index contributed by atoms with van der Waals surface area (Å²) in [6.45, 7) is 4.35. The Morgan fingerprint density at radius 1 is 1.19 bits per heavy atom. The number of nitrogens with zero attached hydrogens (tertiary/aromatic N) is 4. The Morgan fingerprint density at radius 3 is 2.81 bits per heavy atom. The van der Waals surface area contributed by atoms with Crippen molar-refractivity contribution in [3.8, 4) is 0 Å². The van der Waals surface area contributed by atoms with Crippen LogP contribution in [0.4, 0.5) is 5.69 Å². The molecule has 0 radical (unpaired) electrons. The van der Waals surface area contributed by atoms with Crippen LogP contribution in [-0.2, 0) is 0 Å². The Bertz CT molecular complexity index is 702. The molecule has 2 heterocycles. The summed E-state index contributed by atoms with van der Waals surface area (Å²) < 4.78 is 0. The van der Waals surface area contributed by atoms with E-state index in [1.807, 2.05) is 24.5 Å². The minimum absolute atomic E-state index is 0.0105. The molecule has 0 fully saturated rings. The number of hydrogen-bond acceptors (Lipinski definition) is 5. The van der Waals surface area contributed by atoms with Crippen LogP contribution < -0.4 is 5.32 Å². The van der Waals surface area contributed by atoms with E-state index in [9.17, 15) is 0 Å². The molecule has 21 heavy (non-hydrogen) atoms. The molecule has 108 valence electrons. The van der Waals surface area contributed by atoms with Gasteiger partial charge < -0.3 is 5.32 Å². The molecule has 6 heteroatoms. The Kier molecular flexibility index (Phi) is 3.77. The fourth-order valence-corrected chi connectivity index (χ4v) is 2.44. The van der Waals surface area contributed by atoms with Crippen molar-refractivity contribution in [2.45, 2.75) is 26.3 Å². The molecule has 1 unspecified atom stereocenters. The zero-order valence-electron chi connectivity index (χ0n) is 12.1. The van der Waals surface area contributed by atoms with Crippen LogP contribution >= 0.6 is 0 Å². The maximum absolute atomic E-state index is 4.30. The third-order valence-electron chi connectivity index (χ3n) is 3.38. The minimum atomic E-state index is 0.0105. The van der Waals surface area contributed by atoms with E-state index in [-0.39, 0.29) is 6.04 Å². The average molecular weight is 282 g/mol. The highest BCUT2D eigenvalue weighted by molar-refractivity contribution is 5.92. The monoisotopic (exact) mass is 282 g/mol. The number of hydrogen-bond donors (Lipinski definition) is 2. The molecular weight excluding hydrogens is 264 g/mol. The van der Waals surface area contributed by atoms with Crippen molar-refractivity contribution < 1.29 is 0 Å². The van der Waals surface area contributed by atoms with Crippen molar-refractivity contribution in [2.75, 3.05) is 5.32 Å². The molecule has 2 aromatic heterocycles. The maximum atomic E-state index is 4.30. The number of aromatic nitrogens is 5. The van der Waals surface area contributed by atoms with Crippen LogP contribution in [0.3, 0.4) is 0 Å². The lowest BCUT2D eigenvalue weighted by atomic mass is 10.0. The first-order valence-corrected chi connectivity index (χ1v) is 7.06. The Labute approximate surface area is 123 Å². The number of tetrazole rings is 1. The summed E-state index contributed by atoms with van der Waals surface area (Å²) in [4.78, 5) is 4.30. The molecule has 0 spiro atoms. The number of aromatic amines is 1. The van der Waals surface area contributed by atoms with Crippen LogP contribution in [0.1, 0.15) is 32.1 Å². The standard InChI is InChI=1S/C15H18N6/c1-10(2)7-13(15-18-20-21-19-15)17-14-9-16-8-11-5-3-4-6-12(11)14/h3-6,8-10,13,17H,7H2,1-2H3,(H,18,19,20,21). The highest BCUT2D eigenvalue weighted by Crippen LogP contribution is 2.27. The lowest BCUT2D eigenvalue weighted by Crippen LogP contribution is -2.15. The van der Waals surface area contributed by atoms with Gasteiger partial charge >= 0.3 is 0 Å². The minimum Gasteiger partial charge on any atom is -0.373 e. The maximum Gasteiger partial charge on any atom is 0.196 e. The van der Waals surface area contributed by atoms with Crippen LogP contribution in [0.15, 0.2) is 36.7 Å². The van der Waals surface area contributed by atoms with Crippen LogP contribution in [0.5, 0.6) is 0 Å². The van der Waals surface area contributed by atoms with Crippen LogP contribution in [0.2, 0.25) is 0 Å². The van der Waals surface area contributed by atoms with Gasteiger partial charge in [-0.1, -0.05) is 43.3 Å². The molecule has 0 amide bonds. The molecule has 1 atom stereocenters. The summed E-state index contributed by atoms with van der Waals surface area (Å²) in [5.74, 6) is 1.19. The van der Waals surface area contributed by atoms with E-state index in [0.717, 1.165) is 22.9 Å². The second-order valence-corrected chi connectivity index (χ2v) is 5.50. The van der Waals surface area contributed by atoms with Gasteiger partial charge in [0.2, 0.25) is 0 Å². The molecule has 0 saturated carbocycles. The summed E-state index contributed by atoms with van der Waals surface area (Å²) in [7, 11) is 0. The summed E-state index contributed by atoms with van der Waals surface area (Å²) in [6, 6.07) is 8.19. The van der Waals surface area contributed by atoms with Gasteiger partial charge in [-0.2, -0.15) is 5.21 Å². The second kappa shape index (κ2) is 5.87. The van der Waals surface area contributed by atoms with Crippen molar-refractivity contribution in [1.82, 2.24) is 25.6 Å². The predicted octanol–water partition coefficient (Wildman–Crippen LogP) is 2.95. The van der Waals surface area contributed by atoms with Gasteiger partial charge in [-0.05, 0) is 12.3 Å². The van der Waals surface area contributed by atoms with E-state index in [4.69, 9.17) is 0 Å². The van der Waals surface area contributed by atoms with E-state index in [1.54, 1.807) is 0 Å². The molecule has 0 bridgehead atoms. The number of anilines is 1. The fourth-order valence-electron chi connectivity index (χ4n) is 2.44. The summed E-state index contributed by atoms with van der Waals surface area (Å²) in [6.07, 6.45) is 4.63. The zero-order valence-corrected chi connectivity index (χ0v) is 12.1. The van der Waals surface area contributed by atoms with Crippen LogP contribution in [0.25, 0.3) is 10.8 Å². The number of fused-ring (bicyclic) bond motifs is 1. The number of nitrogens with one attached hydrogen (secondary N) is 2. The SMILES string of the molecule is CC(C)CC(Nc1cncc2ccccc12)c1nn[nH]n1. The molecule has 2 N–H and O–H groups in total. The smallest absolute Gasteiger partial charge is 0.196 e. The molecule has 6 nitrogen and oxygen atoms in total. The van der Waals surface area contributed by atoms with Gasteiger partial charge in [0.05, 0.1) is 17.9 Å². The fraction of sp³-hybridized carbons (Fsp3) is 0.333. The molecule has 1 aromatic carbocycles. The Morgan fingerprint density at radius 2 is 2.05 bits per heavy atom. The van der Waals surface area contributed by atoms with Crippen molar-refractivity contribution in [2.24, 2.45) is 5.92 Å². The lowest BCUT2D eigenvalue weighted by Gasteiger charge is -2.19. The van der Waals surface area contributed by atoms with E-state index in [0.29, 0.717) is 11.7 Å². The number of rotatable bonds is 5. The van der Waals surface area contributed by atoms with Gasteiger partial charge in [0.25, 0.3) is 0 Å². The van der Waals surface area contributed by atoms with Gasteiger partial charge in [-0.3, -0.25) is 4.98 Å². The van der Waals surface area contributed by atoms with Crippen molar-refractivity contribution in [3.05, 3.63) is 42.5 Å². The average Bonchev–Trinajstić information content (AvgIpc) is 3.01. The van der Waals surface area contributed by atoms with Gasteiger partial charge in [0.1, 0.15) is 0 Å². The molecule has 0 aliphatic rings. The van der Waals surface area contributed by atoms with E-state index >= 15 is 0 Å². The third-order valence-corrected chi connectivity index (χ3v) is 3.38. The van der Waals surface area contributed by atoms with Crippen LogP contribution in [0, 0.1) is 5.92 Å². The van der Waals surface area contributed by atoms with E-state index in [2.05, 4.69) is 56.9 Å². The quantitative estimate of drug-likeness (QED) is 0.752. The van der Waals surface area contributed by atoms with Gasteiger partial charge in [-0.25, -0.2) is 0 Å². The lowest BCUT2D eigenvalue weighted by molar-refractivity contribution is 0.515. The van der Waals surface area contributed by atoms with Crippen molar-refractivity contribution >= 4 is 16.5 Å². The second-order valence-electron chi connectivity index (χ2n) is 5.50. The molecule has 0 saturated heterocycles. The zero-order chi connectivity index (χ0) is 14.7. The molecule has 3 rings (SSSR count). The number of benzene rings is 1.